The monoisotopic (exact) mass is 220 g/mol. The molecule has 0 radical (unpaired) electrons. The maximum absolute atomic E-state index is 8.96. The number of rotatable bonds is 0. The van der Waals surface area contributed by atoms with Crippen molar-refractivity contribution >= 4 is 11.6 Å². The summed E-state index contributed by atoms with van der Waals surface area (Å²) >= 11 is 0. The van der Waals surface area contributed by atoms with Crippen LogP contribution in [-0.4, -0.2) is 5.90 Å². The van der Waals surface area contributed by atoms with E-state index in [1.165, 1.54) is 0 Å². The quantitative estimate of drug-likeness (QED) is 0.683. The minimum Gasteiger partial charge on any atom is -0.430 e. The molecular weight excluding hydrogens is 212 g/mol. The Morgan fingerprint density at radius 1 is 0.941 bits per heavy atom. The Kier molecular flexibility index (Phi) is 2.13. The highest BCUT2D eigenvalue weighted by molar-refractivity contribution is 5.99. The number of para-hydroxylation sites is 2. The van der Waals surface area contributed by atoms with Crippen molar-refractivity contribution in [1.82, 2.24) is 0 Å². The lowest BCUT2D eigenvalue weighted by atomic mass is 10.0. The average Bonchev–Trinajstić information content (AvgIpc) is 2.55. The summed E-state index contributed by atoms with van der Waals surface area (Å²) in [6, 6.07) is 17.3. The summed E-state index contributed by atoms with van der Waals surface area (Å²) in [7, 11) is 0. The van der Waals surface area contributed by atoms with Gasteiger partial charge in [0.15, 0.2) is 6.07 Å². The van der Waals surface area contributed by atoms with Gasteiger partial charge < -0.3 is 4.74 Å². The summed E-state index contributed by atoms with van der Waals surface area (Å²) in [5.41, 5.74) is 2.69. The van der Waals surface area contributed by atoms with Gasteiger partial charge in [-0.05, 0) is 12.1 Å². The highest BCUT2D eigenvalue weighted by Gasteiger charge is 2.16. The smallest absolute Gasteiger partial charge is 0.301 e. The van der Waals surface area contributed by atoms with Gasteiger partial charge in [-0.3, -0.25) is 0 Å². The van der Waals surface area contributed by atoms with Crippen LogP contribution in [0.25, 0.3) is 11.1 Å². The Hall–Kier alpha value is -2.60. The first-order valence-corrected chi connectivity index (χ1v) is 5.23. The normalized spacial score (nSPS) is 12.3. The van der Waals surface area contributed by atoms with E-state index in [4.69, 9.17) is 10.00 Å². The third kappa shape index (κ3) is 1.56. The lowest BCUT2D eigenvalue weighted by molar-refractivity contribution is 0.561. The average molecular weight is 220 g/mol. The molecule has 2 aromatic carbocycles. The molecule has 1 aliphatic rings. The van der Waals surface area contributed by atoms with Crippen LogP contribution >= 0.6 is 0 Å². The highest BCUT2D eigenvalue weighted by atomic mass is 16.5. The number of benzene rings is 2. The molecule has 1 heterocycles. The van der Waals surface area contributed by atoms with Crippen LogP contribution < -0.4 is 4.74 Å². The SMILES string of the molecule is N#CC1=Nc2ccccc2-c2ccccc2O1. The van der Waals surface area contributed by atoms with Gasteiger partial charge in [0.2, 0.25) is 0 Å². The van der Waals surface area contributed by atoms with Crippen LogP contribution in [-0.2, 0) is 0 Å². The van der Waals surface area contributed by atoms with Gasteiger partial charge in [0.25, 0.3) is 0 Å². The largest absolute Gasteiger partial charge is 0.430 e. The van der Waals surface area contributed by atoms with Crippen molar-refractivity contribution in [3.05, 3.63) is 48.5 Å². The van der Waals surface area contributed by atoms with Crippen molar-refractivity contribution in [1.29, 1.82) is 5.26 Å². The molecule has 0 bridgehead atoms. The maximum atomic E-state index is 8.96. The van der Waals surface area contributed by atoms with Crippen molar-refractivity contribution in [2.75, 3.05) is 0 Å². The summed E-state index contributed by atoms with van der Waals surface area (Å²) in [4.78, 5) is 4.21. The fraction of sp³-hybridized carbons (Fsp3) is 0. The van der Waals surface area contributed by atoms with E-state index in [-0.39, 0.29) is 5.90 Å². The fourth-order valence-corrected chi connectivity index (χ4v) is 1.86. The van der Waals surface area contributed by atoms with Crippen molar-refractivity contribution < 1.29 is 4.74 Å². The van der Waals surface area contributed by atoms with E-state index < -0.39 is 0 Å². The molecule has 0 saturated heterocycles. The maximum Gasteiger partial charge on any atom is 0.301 e. The van der Waals surface area contributed by atoms with Gasteiger partial charge in [-0.1, -0.05) is 36.4 Å². The zero-order chi connectivity index (χ0) is 11.7. The van der Waals surface area contributed by atoms with E-state index in [1.54, 1.807) is 0 Å². The van der Waals surface area contributed by atoms with Crippen LogP contribution in [0.3, 0.4) is 0 Å². The molecule has 1 aliphatic heterocycles. The van der Waals surface area contributed by atoms with Crippen LogP contribution in [0, 0.1) is 11.3 Å². The third-order valence-electron chi connectivity index (χ3n) is 2.61. The standard InChI is InChI=1S/C14H8N2O/c15-9-14-16-12-7-3-1-5-10(12)11-6-2-4-8-13(11)17-14/h1-8H. The van der Waals surface area contributed by atoms with Gasteiger partial charge in [0.1, 0.15) is 5.75 Å². The molecule has 3 rings (SSSR count). The van der Waals surface area contributed by atoms with Crippen molar-refractivity contribution in [2.24, 2.45) is 4.99 Å². The molecule has 0 fully saturated rings. The number of nitrogens with zero attached hydrogens (tertiary/aromatic N) is 2. The van der Waals surface area contributed by atoms with Crippen LogP contribution in [0.1, 0.15) is 0 Å². The second kappa shape index (κ2) is 3.76. The molecule has 0 amide bonds. The Labute approximate surface area is 98.6 Å². The summed E-state index contributed by atoms with van der Waals surface area (Å²) in [6.45, 7) is 0. The summed E-state index contributed by atoms with van der Waals surface area (Å²) in [5, 5.41) is 8.96. The molecule has 0 aromatic heterocycles. The molecular formula is C14H8N2O. The number of nitriles is 1. The second-order valence-electron chi connectivity index (χ2n) is 3.64. The van der Waals surface area contributed by atoms with Gasteiger partial charge in [-0.25, -0.2) is 4.99 Å². The third-order valence-corrected chi connectivity index (χ3v) is 2.61. The lowest BCUT2D eigenvalue weighted by Crippen LogP contribution is -2.03. The summed E-state index contributed by atoms with van der Waals surface area (Å²) in [5.74, 6) is 0.736. The first-order chi connectivity index (χ1) is 8.38. The lowest BCUT2D eigenvalue weighted by Gasteiger charge is -2.06. The summed E-state index contributed by atoms with van der Waals surface area (Å²) < 4.78 is 5.48. The van der Waals surface area contributed by atoms with E-state index in [0.29, 0.717) is 5.75 Å². The second-order valence-corrected chi connectivity index (χ2v) is 3.64. The van der Waals surface area contributed by atoms with Crippen LogP contribution in [0.4, 0.5) is 5.69 Å². The van der Waals surface area contributed by atoms with E-state index >= 15 is 0 Å². The van der Waals surface area contributed by atoms with Gasteiger partial charge in [-0.15, -0.1) is 0 Å². The highest BCUT2D eigenvalue weighted by Crippen LogP contribution is 2.38. The minimum absolute atomic E-state index is 0.0717. The molecule has 80 valence electrons. The van der Waals surface area contributed by atoms with Crippen molar-refractivity contribution in [2.45, 2.75) is 0 Å². The van der Waals surface area contributed by atoms with E-state index in [2.05, 4.69) is 4.99 Å². The minimum atomic E-state index is 0.0717. The van der Waals surface area contributed by atoms with Gasteiger partial charge in [0, 0.05) is 11.1 Å². The number of hydrogen-bond acceptors (Lipinski definition) is 3. The fourth-order valence-electron chi connectivity index (χ4n) is 1.86. The molecule has 0 spiro atoms. The number of hydrogen-bond donors (Lipinski definition) is 0. The molecule has 2 aromatic rings. The first-order valence-electron chi connectivity index (χ1n) is 5.23. The molecule has 0 saturated carbocycles. The number of aliphatic imine (C=N–C) groups is 1. The summed E-state index contributed by atoms with van der Waals surface area (Å²) in [6.07, 6.45) is 0. The van der Waals surface area contributed by atoms with Gasteiger partial charge in [0.05, 0.1) is 5.69 Å². The van der Waals surface area contributed by atoms with Crippen LogP contribution in [0.5, 0.6) is 5.75 Å². The molecule has 17 heavy (non-hydrogen) atoms. The Bertz CT molecular complexity index is 653. The Balaban J connectivity index is 2.34. The van der Waals surface area contributed by atoms with Crippen molar-refractivity contribution in [3.63, 3.8) is 0 Å². The molecule has 0 unspecified atom stereocenters. The molecule has 3 heteroatoms. The van der Waals surface area contributed by atoms with E-state index in [0.717, 1.165) is 16.8 Å². The molecule has 0 aliphatic carbocycles. The van der Waals surface area contributed by atoms with E-state index in [9.17, 15) is 0 Å². The number of ether oxygens (including phenoxy) is 1. The van der Waals surface area contributed by atoms with Crippen LogP contribution in [0.15, 0.2) is 53.5 Å². The van der Waals surface area contributed by atoms with Gasteiger partial charge in [-0.2, -0.15) is 5.26 Å². The molecule has 0 atom stereocenters. The Morgan fingerprint density at radius 2 is 1.65 bits per heavy atom. The van der Waals surface area contributed by atoms with E-state index in [1.807, 2.05) is 54.6 Å². The van der Waals surface area contributed by atoms with Gasteiger partial charge >= 0.3 is 5.90 Å². The predicted molar refractivity (Wildman–Crippen MR) is 65.2 cm³/mol. The topological polar surface area (TPSA) is 45.4 Å². The first kappa shape index (κ1) is 9.61. The van der Waals surface area contributed by atoms with Crippen LogP contribution in [0.2, 0.25) is 0 Å². The predicted octanol–water partition coefficient (Wildman–Crippen LogP) is 3.30. The van der Waals surface area contributed by atoms with Crippen molar-refractivity contribution in [3.8, 4) is 22.9 Å². The zero-order valence-corrected chi connectivity index (χ0v) is 8.92. The molecule has 3 nitrogen and oxygen atoms in total. The number of fused-ring (bicyclic) bond motifs is 3. The molecule has 0 N–H and O–H groups in total. The zero-order valence-electron chi connectivity index (χ0n) is 8.92. The Morgan fingerprint density at radius 3 is 2.47 bits per heavy atom.